The summed E-state index contributed by atoms with van der Waals surface area (Å²) >= 11 is 0. The Hall–Kier alpha value is -2.63. The molecule has 2 N–H and O–H groups in total. The average molecular weight is 394 g/mol. The van der Waals surface area contributed by atoms with Gasteiger partial charge in [0, 0.05) is 12.6 Å². The Morgan fingerprint density at radius 3 is 2.45 bits per heavy atom. The van der Waals surface area contributed by atoms with Gasteiger partial charge in [0.1, 0.15) is 44.2 Å². The van der Waals surface area contributed by atoms with Crippen molar-refractivity contribution < 1.29 is 19.0 Å². The van der Waals surface area contributed by atoms with E-state index in [0.717, 1.165) is 44.2 Å². The van der Waals surface area contributed by atoms with Gasteiger partial charge < -0.3 is 19.1 Å². The first kappa shape index (κ1) is 19.7. The van der Waals surface area contributed by atoms with Crippen LogP contribution in [-0.2, 0) is 17.9 Å². The third kappa shape index (κ3) is 4.86. The number of rotatable bonds is 6. The van der Waals surface area contributed by atoms with Crippen molar-refractivity contribution in [2.45, 2.75) is 20.0 Å². The molecular weight excluding hydrogens is 362 g/mol. The van der Waals surface area contributed by atoms with Crippen LogP contribution in [0.2, 0.25) is 0 Å². The predicted octanol–water partition coefficient (Wildman–Crippen LogP) is 0.683. The first-order valence-electron chi connectivity index (χ1n) is 10.5. The van der Waals surface area contributed by atoms with Crippen molar-refractivity contribution >= 4 is 16.7 Å². The number of carbonyl (C=O) groups is 1. The van der Waals surface area contributed by atoms with Gasteiger partial charge in [0.2, 0.25) is 0 Å². The molecule has 29 heavy (non-hydrogen) atoms. The summed E-state index contributed by atoms with van der Waals surface area (Å²) in [5, 5.41) is 2.68. The highest BCUT2D eigenvalue weighted by Gasteiger charge is 2.26. The highest BCUT2D eigenvalue weighted by atomic mass is 16.3. The molecule has 5 heteroatoms. The number of quaternary nitrogens is 2. The Balaban J connectivity index is 1.27. The van der Waals surface area contributed by atoms with E-state index in [1.54, 1.807) is 9.80 Å². The zero-order valence-electron chi connectivity index (χ0n) is 17.4. The lowest BCUT2D eigenvalue weighted by atomic mass is 10.0. The van der Waals surface area contributed by atoms with E-state index in [4.69, 9.17) is 4.42 Å². The summed E-state index contributed by atoms with van der Waals surface area (Å²) in [7, 11) is 1.86. The highest BCUT2D eigenvalue weighted by Crippen LogP contribution is 2.17. The number of furan rings is 1. The smallest absolute Gasteiger partial charge is 0.277 e. The van der Waals surface area contributed by atoms with Gasteiger partial charge in [0.15, 0.2) is 6.54 Å². The van der Waals surface area contributed by atoms with E-state index >= 15 is 0 Å². The molecule has 0 bridgehead atoms. The van der Waals surface area contributed by atoms with Crippen LogP contribution in [0.3, 0.4) is 0 Å². The van der Waals surface area contributed by atoms with E-state index in [9.17, 15) is 4.79 Å². The van der Waals surface area contributed by atoms with E-state index < -0.39 is 0 Å². The lowest BCUT2D eigenvalue weighted by molar-refractivity contribution is -1.02. The highest BCUT2D eigenvalue weighted by molar-refractivity contribution is 5.85. The summed E-state index contributed by atoms with van der Waals surface area (Å²) in [6.45, 7) is 8.38. The maximum atomic E-state index is 12.6. The molecule has 152 valence electrons. The maximum absolute atomic E-state index is 12.6. The maximum Gasteiger partial charge on any atom is 0.277 e. The normalized spacial score (nSPS) is 19.4. The number of nitrogens with one attached hydrogen (secondary N) is 2. The third-order valence-corrected chi connectivity index (χ3v) is 6.00. The summed E-state index contributed by atoms with van der Waals surface area (Å²) in [5.41, 5.74) is 1.42. The zero-order valence-corrected chi connectivity index (χ0v) is 17.4. The van der Waals surface area contributed by atoms with Crippen molar-refractivity contribution in [2.75, 3.05) is 39.8 Å². The Kier molecular flexibility index (Phi) is 5.97. The van der Waals surface area contributed by atoms with Crippen LogP contribution in [0.4, 0.5) is 0 Å². The second-order valence-electron chi connectivity index (χ2n) is 8.25. The van der Waals surface area contributed by atoms with Gasteiger partial charge in [-0.2, -0.15) is 0 Å². The number of fused-ring (bicyclic) bond motifs is 1. The van der Waals surface area contributed by atoms with E-state index in [1.165, 1.54) is 21.2 Å². The second-order valence-corrected chi connectivity index (χ2v) is 8.25. The number of hydrogen-bond acceptors (Lipinski definition) is 2. The number of piperazine rings is 1. The third-order valence-electron chi connectivity index (χ3n) is 6.00. The van der Waals surface area contributed by atoms with Crippen LogP contribution in [-0.4, -0.2) is 50.6 Å². The molecule has 1 fully saturated rings. The molecule has 0 unspecified atom stereocenters. The molecule has 0 spiro atoms. The van der Waals surface area contributed by atoms with Gasteiger partial charge >= 0.3 is 0 Å². The van der Waals surface area contributed by atoms with Gasteiger partial charge in [-0.3, -0.25) is 4.79 Å². The van der Waals surface area contributed by atoms with Gasteiger partial charge in [-0.05, 0) is 29.8 Å². The molecule has 2 aromatic carbocycles. The number of likely N-dealkylation sites (N-methyl/N-ethyl adjacent to an activating group) is 1. The SMILES string of the molecule is Cc1ccc(CN(C)C(=O)C[NH+]2CC[NH+](Cc3cccc4ccccc34)CC2)o1. The first-order chi connectivity index (χ1) is 14.1. The molecule has 1 aromatic heterocycles. The number of aryl methyl sites for hydroxylation is 1. The summed E-state index contributed by atoms with van der Waals surface area (Å²) in [6, 6.07) is 19.1. The standard InChI is InChI=1S/C24H29N3O2/c1-19-10-11-22(29-19)17-25(2)24(28)18-27-14-12-26(13-15-27)16-21-8-5-7-20-6-3-4-9-23(20)21/h3-11H,12-18H2,1-2H3/p+2. The Morgan fingerprint density at radius 1 is 0.966 bits per heavy atom. The molecule has 5 nitrogen and oxygen atoms in total. The van der Waals surface area contributed by atoms with Crippen LogP contribution in [0.1, 0.15) is 17.1 Å². The quantitative estimate of drug-likeness (QED) is 0.647. The minimum atomic E-state index is 0.187. The number of carbonyl (C=O) groups excluding carboxylic acids is 1. The van der Waals surface area contributed by atoms with Gasteiger partial charge in [-0.1, -0.05) is 42.5 Å². The largest absolute Gasteiger partial charge is 0.464 e. The van der Waals surface area contributed by atoms with Gasteiger partial charge in [0.05, 0.1) is 6.54 Å². The van der Waals surface area contributed by atoms with Crippen LogP contribution in [0.5, 0.6) is 0 Å². The molecule has 2 heterocycles. The van der Waals surface area contributed by atoms with Crippen molar-refractivity contribution in [1.29, 1.82) is 0 Å². The summed E-state index contributed by atoms with van der Waals surface area (Å²) in [5.74, 6) is 1.92. The van der Waals surface area contributed by atoms with Crippen LogP contribution in [0.25, 0.3) is 10.8 Å². The van der Waals surface area contributed by atoms with E-state index in [2.05, 4.69) is 42.5 Å². The lowest BCUT2D eigenvalue weighted by Gasteiger charge is -2.30. The Labute approximate surface area is 172 Å². The zero-order chi connectivity index (χ0) is 20.2. The minimum Gasteiger partial charge on any atom is -0.464 e. The van der Waals surface area contributed by atoms with Crippen molar-refractivity contribution in [3.8, 4) is 0 Å². The van der Waals surface area contributed by atoms with Crippen molar-refractivity contribution in [2.24, 2.45) is 0 Å². The molecule has 1 amide bonds. The Bertz CT molecular complexity index is 968. The number of amides is 1. The van der Waals surface area contributed by atoms with Crippen molar-refractivity contribution in [1.82, 2.24) is 4.90 Å². The Morgan fingerprint density at radius 2 is 1.69 bits per heavy atom. The average Bonchev–Trinajstić information content (AvgIpc) is 3.14. The van der Waals surface area contributed by atoms with Crippen LogP contribution >= 0.6 is 0 Å². The predicted molar refractivity (Wildman–Crippen MR) is 114 cm³/mol. The van der Waals surface area contributed by atoms with Gasteiger partial charge in [-0.15, -0.1) is 0 Å². The molecule has 3 aromatic rings. The monoisotopic (exact) mass is 393 g/mol. The molecule has 0 radical (unpaired) electrons. The summed E-state index contributed by atoms with van der Waals surface area (Å²) < 4.78 is 5.59. The van der Waals surface area contributed by atoms with Crippen molar-refractivity contribution in [3.05, 3.63) is 71.7 Å². The topological polar surface area (TPSA) is 42.3 Å². The molecule has 1 aliphatic heterocycles. The van der Waals surface area contributed by atoms with Crippen molar-refractivity contribution in [3.63, 3.8) is 0 Å². The molecule has 0 aliphatic carbocycles. The van der Waals surface area contributed by atoms with Crippen LogP contribution in [0, 0.1) is 6.92 Å². The molecule has 1 aliphatic rings. The molecule has 1 saturated heterocycles. The second kappa shape index (κ2) is 8.80. The fourth-order valence-corrected chi connectivity index (χ4v) is 4.27. The van der Waals surface area contributed by atoms with E-state index in [0.29, 0.717) is 13.1 Å². The molecular formula is C24H31N3O2+2. The molecule has 0 saturated carbocycles. The number of nitrogens with zero attached hydrogens (tertiary/aromatic N) is 1. The summed E-state index contributed by atoms with van der Waals surface area (Å²) in [6.07, 6.45) is 0. The van der Waals surface area contributed by atoms with Crippen LogP contribution in [0.15, 0.2) is 59.0 Å². The number of hydrogen-bond donors (Lipinski definition) is 2. The van der Waals surface area contributed by atoms with Gasteiger partial charge in [0.25, 0.3) is 5.91 Å². The fourth-order valence-electron chi connectivity index (χ4n) is 4.27. The molecule has 0 atom stereocenters. The fraction of sp³-hybridized carbons (Fsp3) is 0.375. The lowest BCUT2D eigenvalue weighted by Crippen LogP contribution is -3.28. The molecule has 4 rings (SSSR count). The minimum absolute atomic E-state index is 0.187. The first-order valence-corrected chi connectivity index (χ1v) is 10.5. The number of benzene rings is 2. The summed E-state index contributed by atoms with van der Waals surface area (Å²) in [4.78, 5) is 17.4. The van der Waals surface area contributed by atoms with Gasteiger partial charge in [-0.25, -0.2) is 0 Å². The van der Waals surface area contributed by atoms with E-state index in [-0.39, 0.29) is 5.91 Å². The van der Waals surface area contributed by atoms with Crippen LogP contribution < -0.4 is 9.80 Å². The van der Waals surface area contributed by atoms with E-state index in [1.807, 2.05) is 26.1 Å².